The van der Waals surface area contributed by atoms with Crippen molar-refractivity contribution in [2.24, 2.45) is 0 Å². The molecule has 3 rings (SSSR count). The van der Waals surface area contributed by atoms with Crippen LogP contribution < -0.4 is 4.90 Å². The van der Waals surface area contributed by atoms with E-state index < -0.39 is 0 Å². The third-order valence-electron chi connectivity index (χ3n) is 4.22. The maximum Gasteiger partial charge on any atom is 0.259 e. The SMILES string of the molecule is CCCCN(CC)c1ccc(-c2nc(-c3ccc(C)cc3)no2)cn1. The lowest BCUT2D eigenvalue weighted by atomic mass is 10.1. The summed E-state index contributed by atoms with van der Waals surface area (Å²) in [6.07, 6.45) is 4.15. The standard InChI is InChI=1S/C20H24N4O/c1-4-6-13-24(5-2)18-12-11-17(14-21-18)20-22-19(23-25-20)16-9-7-15(3)8-10-16/h7-12,14H,4-6,13H2,1-3H3. The Balaban J connectivity index is 1.77. The van der Waals surface area contributed by atoms with Gasteiger partial charge in [-0.05, 0) is 32.4 Å². The van der Waals surface area contributed by atoms with Crippen molar-refractivity contribution in [1.82, 2.24) is 15.1 Å². The van der Waals surface area contributed by atoms with E-state index in [-0.39, 0.29) is 0 Å². The van der Waals surface area contributed by atoms with Gasteiger partial charge < -0.3 is 9.42 Å². The topological polar surface area (TPSA) is 55.1 Å². The summed E-state index contributed by atoms with van der Waals surface area (Å²) in [5.41, 5.74) is 2.99. The molecule has 2 aromatic heterocycles. The van der Waals surface area contributed by atoms with Crippen LogP contribution in [0.25, 0.3) is 22.8 Å². The fraction of sp³-hybridized carbons (Fsp3) is 0.350. The first-order valence-electron chi connectivity index (χ1n) is 8.83. The highest BCUT2D eigenvalue weighted by Gasteiger charge is 2.12. The number of anilines is 1. The van der Waals surface area contributed by atoms with E-state index in [0.29, 0.717) is 11.7 Å². The largest absolute Gasteiger partial charge is 0.357 e. The molecule has 2 heterocycles. The Bertz CT molecular complexity index is 793. The van der Waals surface area contributed by atoms with Crippen LogP contribution >= 0.6 is 0 Å². The highest BCUT2D eigenvalue weighted by Crippen LogP contribution is 2.23. The maximum absolute atomic E-state index is 5.41. The van der Waals surface area contributed by atoms with Crippen molar-refractivity contribution in [2.45, 2.75) is 33.6 Å². The molecule has 130 valence electrons. The van der Waals surface area contributed by atoms with Crippen molar-refractivity contribution in [3.05, 3.63) is 48.2 Å². The molecule has 0 aliphatic carbocycles. The Morgan fingerprint density at radius 3 is 2.40 bits per heavy atom. The van der Waals surface area contributed by atoms with E-state index >= 15 is 0 Å². The molecule has 3 aromatic rings. The van der Waals surface area contributed by atoms with Crippen LogP contribution in [0.1, 0.15) is 32.3 Å². The lowest BCUT2D eigenvalue weighted by Crippen LogP contribution is -2.24. The van der Waals surface area contributed by atoms with Gasteiger partial charge in [0.15, 0.2) is 0 Å². The fourth-order valence-corrected chi connectivity index (χ4v) is 2.64. The number of benzene rings is 1. The molecular formula is C20H24N4O. The van der Waals surface area contributed by atoms with Crippen molar-refractivity contribution in [2.75, 3.05) is 18.0 Å². The van der Waals surface area contributed by atoms with E-state index in [0.717, 1.165) is 30.0 Å². The van der Waals surface area contributed by atoms with Gasteiger partial charge in [-0.1, -0.05) is 48.3 Å². The van der Waals surface area contributed by atoms with Gasteiger partial charge in [-0.2, -0.15) is 4.98 Å². The third kappa shape index (κ3) is 4.05. The smallest absolute Gasteiger partial charge is 0.259 e. The van der Waals surface area contributed by atoms with E-state index in [2.05, 4.69) is 40.8 Å². The van der Waals surface area contributed by atoms with Crippen LogP contribution in [0.5, 0.6) is 0 Å². The molecule has 0 saturated carbocycles. The molecule has 1 aromatic carbocycles. The van der Waals surface area contributed by atoms with Crippen LogP contribution in [0, 0.1) is 6.92 Å². The summed E-state index contributed by atoms with van der Waals surface area (Å²) in [4.78, 5) is 11.3. The van der Waals surface area contributed by atoms with Crippen LogP contribution in [0.15, 0.2) is 47.1 Å². The summed E-state index contributed by atoms with van der Waals surface area (Å²) in [6.45, 7) is 8.38. The molecule has 25 heavy (non-hydrogen) atoms. The summed E-state index contributed by atoms with van der Waals surface area (Å²) in [5.74, 6) is 2.07. The van der Waals surface area contributed by atoms with Crippen LogP contribution in [0.2, 0.25) is 0 Å². The van der Waals surface area contributed by atoms with Crippen LogP contribution in [0.3, 0.4) is 0 Å². The van der Waals surface area contributed by atoms with E-state index in [1.54, 1.807) is 6.20 Å². The number of rotatable bonds is 7. The van der Waals surface area contributed by atoms with Gasteiger partial charge in [0.25, 0.3) is 5.89 Å². The Morgan fingerprint density at radius 1 is 1.00 bits per heavy atom. The number of pyridine rings is 1. The summed E-state index contributed by atoms with van der Waals surface area (Å²) in [7, 11) is 0. The minimum absolute atomic E-state index is 0.492. The minimum atomic E-state index is 0.492. The van der Waals surface area contributed by atoms with Crippen molar-refractivity contribution in [1.29, 1.82) is 0 Å². The highest BCUT2D eigenvalue weighted by atomic mass is 16.5. The summed E-state index contributed by atoms with van der Waals surface area (Å²) in [5, 5.41) is 4.08. The average Bonchev–Trinajstić information content (AvgIpc) is 3.13. The monoisotopic (exact) mass is 336 g/mol. The first kappa shape index (κ1) is 17.1. The van der Waals surface area contributed by atoms with Crippen LogP contribution in [-0.4, -0.2) is 28.2 Å². The molecule has 0 unspecified atom stereocenters. The first-order valence-corrected chi connectivity index (χ1v) is 8.83. The molecular weight excluding hydrogens is 312 g/mol. The summed E-state index contributed by atoms with van der Waals surface area (Å²) in [6, 6.07) is 12.1. The van der Waals surface area contributed by atoms with Crippen LogP contribution in [0.4, 0.5) is 5.82 Å². The first-order chi connectivity index (χ1) is 12.2. The van der Waals surface area contributed by atoms with Gasteiger partial charge in [0.05, 0.1) is 5.56 Å². The molecule has 0 saturated heterocycles. The second kappa shape index (κ2) is 7.92. The van der Waals surface area contributed by atoms with E-state index in [9.17, 15) is 0 Å². The molecule has 0 fully saturated rings. The van der Waals surface area contributed by atoms with Gasteiger partial charge in [0, 0.05) is 24.8 Å². The predicted molar refractivity (Wildman–Crippen MR) is 100 cm³/mol. The Labute approximate surface area is 148 Å². The Morgan fingerprint density at radius 2 is 1.76 bits per heavy atom. The highest BCUT2D eigenvalue weighted by molar-refractivity contribution is 5.60. The zero-order valence-corrected chi connectivity index (χ0v) is 15.1. The van der Waals surface area contributed by atoms with Gasteiger partial charge in [-0.25, -0.2) is 4.98 Å². The normalized spacial score (nSPS) is 10.8. The molecule has 0 amide bonds. The number of aromatic nitrogens is 3. The number of unbranched alkanes of at least 4 members (excludes halogenated alkanes) is 1. The molecule has 5 heteroatoms. The Kier molecular flexibility index (Phi) is 5.43. The van der Waals surface area contributed by atoms with Crippen molar-refractivity contribution in [3.63, 3.8) is 0 Å². The minimum Gasteiger partial charge on any atom is -0.357 e. The number of hydrogen-bond acceptors (Lipinski definition) is 5. The van der Waals surface area contributed by atoms with Crippen molar-refractivity contribution in [3.8, 4) is 22.8 Å². The van der Waals surface area contributed by atoms with E-state index in [1.807, 2.05) is 36.4 Å². The Hall–Kier alpha value is -2.69. The molecule has 0 aliphatic heterocycles. The zero-order valence-electron chi connectivity index (χ0n) is 15.1. The predicted octanol–water partition coefficient (Wildman–Crippen LogP) is 4.73. The molecule has 0 atom stereocenters. The second-order valence-corrected chi connectivity index (χ2v) is 6.13. The zero-order chi connectivity index (χ0) is 17.6. The summed E-state index contributed by atoms with van der Waals surface area (Å²) < 4.78 is 5.41. The van der Waals surface area contributed by atoms with E-state index in [1.165, 1.54) is 18.4 Å². The molecule has 0 spiro atoms. The lowest BCUT2D eigenvalue weighted by molar-refractivity contribution is 0.432. The number of nitrogens with zero attached hydrogens (tertiary/aromatic N) is 4. The fourth-order valence-electron chi connectivity index (χ4n) is 2.64. The van der Waals surface area contributed by atoms with Gasteiger partial charge in [-0.15, -0.1) is 0 Å². The maximum atomic E-state index is 5.41. The van der Waals surface area contributed by atoms with Gasteiger partial charge in [0.1, 0.15) is 5.82 Å². The second-order valence-electron chi connectivity index (χ2n) is 6.13. The molecule has 0 radical (unpaired) electrons. The average molecular weight is 336 g/mol. The summed E-state index contributed by atoms with van der Waals surface area (Å²) >= 11 is 0. The third-order valence-corrected chi connectivity index (χ3v) is 4.22. The lowest BCUT2D eigenvalue weighted by Gasteiger charge is -2.21. The number of aryl methyl sites for hydroxylation is 1. The molecule has 5 nitrogen and oxygen atoms in total. The van der Waals surface area contributed by atoms with Gasteiger partial charge in [-0.3, -0.25) is 0 Å². The van der Waals surface area contributed by atoms with Crippen molar-refractivity contribution >= 4 is 5.82 Å². The molecule has 0 bridgehead atoms. The van der Waals surface area contributed by atoms with Gasteiger partial charge in [0.2, 0.25) is 5.82 Å². The van der Waals surface area contributed by atoms with Crippen molar-refractivity contribution < 1.29 is 4.52 Å². The number of hydrogen-bond donors (Lipinski definition) is 0. The van der Waals surface area contributed by atoms with E-state index in [4.69, 9.17) is 4.52 Å². The quantitative estimate of drug-likeness (QED) is 0.624. The van der Waals surface area contributed by atoms with Gasteiger partial charge >= 0.3 is 0 Å². The molecule has 0 aliphatic rings. The van der Waals surface area contributed by atoms with Crippen LogP contribution in [-0.2, 0) is 0 Å². The molecule has 0 N–H and O–H groups in total.